The second kappa shape index (κ2) is 3.53. The fraction of sp³-hybridized carbons (Fsp3) is 0.500. The van der Waals surface area contributed by atoms with E-state index in [1.807, 2.05) is 0 Å². The fourth-order valence-electron chi connectivity index (χ4n) is 0.812. The minimum atomic E-state index is -1.22. The molecular formula is C6H11N3O3. The summed E-state index contributed by atoms with van der Waals surface area (Å²) in [4.78, 5) is 0. The first kappa shape index (κ1) is 8.98. The zero-order chi connectivity index (χ0) is 9.14. The van der Waals surface area contributed by atoms with Crippen LogP contribution in [0.1, 0.15) is 11.8 Å². The Bertz CT molecular complexity index is 250. The third kappa shape index (κ3) is 1.73. The molecule has 0 aliphatic heterocycles. The first-order valence-corrected chi connectivity index (χ1v) is 3.43. The molecule has 6 heteroatoms. The number of H-pyrrole nitrogens is 1. The molecular weight excluding hydrogens is 162 g/mol. The smallest absolute Gasteiger partial charge is 0.145 e. The van der Waals surface area contributed by atoms with Gasteiger partial charge in [0.1, 0.15) is 18.0 Å². The van der Waals surface area contributed by atoms with E-state index >= 15 is 0 Å². The molecule has 1 heterocycles. The molecule has 0 saturated carbocycles. The van der Waals surface area contributed by atoms with E-state index in [1.54, 1.807) is 0 Å². The molecule has 0 bridgehead atoms. The summed E-state index contributed by atoms with van der Waals surface area (Å²) in [5.74, 6) is 0.231. The van der Waals surface area contributed by atoms with Gasteiger partial charge in [-0.3, -0.25) is 5.10 Å². The van der Waals surface area contributed by atoms with E-state index in [1.165, 1.54) is 6.07 Å². The lowest BCUT2D eigenvalue weighted by Gasteiger charge is -2.12. The zero-order valence-corrected chi connectivity index (χ0v) is 6.31. The minimum absolute atomic E-state index is 0.231. The van der Waals surface area contributed by atoms with Crippen LogP contribution in [0.5, 0.6) is 0 Å². The van der Waals surface area contributed by atoms with E-state index in [2.05, 4.69) is 10.2 Å². The van der Waals surface area contributed by atoms with Gasteiger partial charge in [-0.25, -0.2) is 0 Å². The van der Waals surface area contributed by atoms with E-state index in [9.17, 15) is 5.11 Å². The average Bonchev–Trinajstić information content (AvgIpc) is 2.49. The number of hydrogen-bond acceptors (Lipinski definition) is 5. The molecule has 0 aromatic carbocycles. The van der Waals surface area contributed by atoms with Crippen molar-refractivity contribution in [2.75, 3.05) is 12.3 Å². The monoisotopic (exact) mass is 173 g/mol. The normalized spacial score (nSPS) is 15.9. The van der Waals surface area contributed by atoms with Gasteiger partial charge in [0.2, 0.25) is 0 Å². The van der Waals surface area contributed by atoms with E-state index < -0.39 is 18.8 Å². The number of anilines is 1. The summed E-state index contributed by atoms with van der Waals surface area (Å²) in [6.45, 7) is -0.514. The van der Waals surface area contributed by atoms with Crippen LogP contribution in [0.4, 0.5) is 5.82 Å². The number of hydrogen-bond donors (Lipinski definition) is 5. The summed E-state index contributed by atoms with van der Waals surface area (Å²) < 4.78 is 0. The fourth-order valence-corrected chi connectivity index (χ4v) is 0.812. The molecule has 12 heavy (non-hydrogen) atoms. The van der Waals surface area contributed by atoms with Gasteiger partial charge in [0.25, 0.3) is 0 Å². The van der Waals surface area contributed by atoms with Crippen molar-refractivity contribution in [3.63, 3.8) is 0 Å². The van der Waals surface area contributed by atoms with Crippen LogP contribution in [0.15, 0.2) is 6.07 Å². The van der Waals surface area contributed by atoms with Gasteiger partial charge in [0.15, 0.2) is 0 Å². The molecule has 0 aliphatic rings. The van der Waals surface area contributed by atoms with E-state index in [-0.39, 0.29) is 11.5 Å². The van der Waals surface area contributed by atoms with Crippen LogP contribution in [0.2, 0.25) is 0 Å². The molecule has 0 amide bonds. The van der Waals surface area contributed by atoms with Crippen molar-refractivity contribution in [2.24, 2.45) is 0 Å². The number of aliphatic hydroxyl groups excluding tert-OH is 3. The summed E-state index contributed by atoms with van der Waals surface area (Å²) in [6.07, 6.45) is -2.40. The van der Waals surface area contributed by atoms with Crippen molar-refractivity contribution >= 4 is 5.82 Å². The molecule has 0 spiro atoms. The summed E-state index contributed by atoms with van der Waals surface area (Å²) in [5.41, 5.74) is 5.55. The van der Waals surface area contributed by atoms with Crippen LogP contribution in [0, 0.1) is 0 Å². The highest BCUT2D eigenvalue weighted by molar-refractivity contribution is 5.29. The molecule has 0 aliphatic carbocycles. The van der Waals surface area contributed by atoms with Crippen molar-refractivity contribution in [1.82, 2.24) is 10.2 Å². The van der Waals surface area contributed by atoms with E-state index in [0.717, 1.165) is 0 Å². The Kier molecular flexibility index (Phi) is 2.64. The standard InChI is InChI=1S/C6H11N3O3/c7-5-1-3(8-9-5)6(12)4(11)2-10/h1,4,6,10-12H,2H2,(H3,7,8,9). The summed E-state index contributed by atoms with van der Waals surface area (Å²) in [7, 11) is 0. The maximum absolute atomic E-state index is 9.27. The molecule has 68 valence electrons. The first-order chi connectivity index (χ1) is 5.65. The Morgan fingerprint density at radius 1 is 1.58 bits per heavy atom. The van der Waals surface area contributed by atoms with Gasteiger partial charge in [-0.05, 0) is 0 Å². The molecule has 1 aromatic heterocycles. The van der Waals surface area contributed by atoms with Crippen molar-refractivity contribution < 1.29 is 15.3 Å². The highest BCUT2D eigenvalue weighted by atomic mass is 16.4. The van der Waals surface area contributed by atoms with Crippen LogP contribution in [-0.4, -0.2) is 38.2 Å². The van der Waals surface area contributed by atoms with Crippen molar-refractivity contribution in [3.8, 4) is 0 Å². The number of aromatic nitrogens is 2. The predicted octanol–water partition coefficient (Wildman–Crippen LogP) is -1.62. The second-order valence-corrected chi connectivity index (χ2v) is 2.44. The van der Waals surface area contributed by atoms with Crippen molar-refractivity contribution in [1.29, 1.82) is 0 Å². The van der Waals surface area contributed by atoms with E-state index in [4.69, 9.17) is 15.9 Å². The second-order valence-electron chi connectivity index (χ2n) is 2.44. The van der Waals surface area contributed by atoms with E-state index in [0.29, 0.717) is 0 Å². The minimum Gasteiger partial charge on any atom is -0.394 e. The summed E-state index contributed by atoms with van der Waals surface area (Å²) >= 11 is 0. The highest BCUT2D eigenvalue weighted by Crippen LogP contribution is 2.15. The number of nitrogens with zero attached hydrogens (tertiary/aromatic N) is 1. The number of aliphatic hydroxyl groups is 3. The van der Waals surface area contributed by atoms with Gasteiger partial charge in [-0.2, -0.15) is 5.10 Å². The molecule has 6 N–H and O–H groups in total. The van der Waals surface area contributed by atoms with Gasteiger partial charge in [0, 0.05) is 6.07 Å². The molecule has 6 nitrogen and oxygen atoms in total. The van der Waals surface area contributed by atoms with Crippen LogP contribution in [0.3, 0.4) is 0 Å². The molecule has 2 atom stereocenters. The van der Waals surface area contributed by atoms with Crippen LogP contribution >= 0.6 is 0 Å². The number of rotatable bonds is 3. The molecule has 2 unspecified atom stereocenters. The zero-order valence-electron chi connectivity index (χ0n) is 6.31. The number of nitrogens with one attached hydrogen (secondary N) is 1. The lowest BCUT2D eigenvalue weighted by Crippen LogP contribution is -2.22. The lowest BCUT2D eigenvalue weighted by atomic mass is 10.1. The maximum atomic E-state index is 9.27. The van der Waals surface area contributed by atoms with Gasteiger partial charge in [0.05, 0.1) is 12.3 Å². The number of nitrogen functional groups attached to an aromatic ring is 1. The molecule has 1 aromatic rings. The van der Waals surface area contributed by atoms with Gasteiger partial charge in [-0.15, -0.1) is 0 Å². The first-order valence-electron chi connectivity index (χ1n) is 3.43. The maximum Gasteiger partial charge on any atom is 0.145 e. The Labute approximate surface area is 68.6 Å². The quantitative estimate of drug-likeness (QED) is 0.376. The van der Waals surface area contributed by atoms with Crippen LogP contribution in [0.25, 0.3) is 0 Å². The Balaban J connectivity index is 2.70. The SMILES string of the molecule is Nc1cc(C(O)C(O)CO)[nH]n1. The summed E-state index contributed by atoms with van der Waals surface area (Å²) in [5, 5.41) is 32.7. The van der Waals surface area contributed by atoms with Gasteiger partial charge < -0.3 is 21.1 Å². The summed E-state index contributed by atoms with van der Waals surface area (Å²) in [6, 6.07) is 1.39. The molecule has 0 fully saturated rings. The number of nitrogens with two attached hydrogens (primary N) is 1. The molecule has 1 rings (SSSR count). The molecule has 0 saturated heterocycles. The predicted molar refractivity (Wildman–Crippen MR) is 41.1 cm³/mol. The van der Waals surface area contributed by atoms with Crippen LogP contribution < -0.4 is 5.73 Å². The Morgan fingerprint density at radius 3 is 2.67 bits per heavy atom. The highest BCUT2D eigenvalue weighted by Gasteiger charge is 2.18. The average molecular weight is 173 g/mol. The number of aromatic amines is 1. The molecule has 0 radical (unpaired) electrons. The topological polar surface area (TPSA) is 115 Å². The Hall–Kier alpha value is -1.11. The van der Waals surface area contributed by atoms with Crippen molar-refractivity contribution in [2.45, 2.75) is 12.2 Å². The lowest BCUT2D eigenvalue weighted by molar-refractivity contribution is -0.0173. The largest absolute Gasteiger partial charge is 0.394 e. The third-order valence-corrected chi connectivity index (χ3v) is 1.49. The third-order valence-electron chi connectivity index (χ3n) is 1.49. The van der Waals surface area contributed by atoms with Crippen LogP contribution in [-0.2, 0) is 0 Å². The van der Waals surface area contributed by atoms with Gasteiger partial charge in [-0.1, -0.05) is 0 Å². The van der Waals surface area contributed by atoms with Crippen molar-refractivity contribution in [3.05, 3.63) is 11.8 Å². The van der Waals surface area contributed by atoms with Gasteiger partial charge >= 0.3 is 0 Å². The Morgan fingerprint density at radius 2 is 2.25 bits per heavy atom.